The number of rotatable bonds is 4. The third-order valence-corrected chi connectivity index (χ3v) is 6.77. The van der Waals surface area contributed by atoms with Crippen LogP contribution in [-0.4, -0.2) is 9.97 Å². The van der Waals surface area contributed by atoms with Gasteiger partial charge in [0.15, 0.2) is 11.4 Å². The fourth-order valence-electron chi connectivity index (χ4n) is 4.92. The van der Waals surface area contributed by atoms with Crippen LogP contribution in [0, 0.1) is 5.82 Å². The van der Waals surface area contributed by atoms with Gasteiger partial charge in [-0.15, -0.1) is 0 Å². The van der Waals surface area contributed by atoms with E-state index in [2.05, 4.69) is 0 Å². The van der Waals surface area contributed by atoms with E-state index in [1.807, 2.05) is 127 Å². The first-order valence-electron chi connectivity index (χ1n) is 12.5. The molecule has 0 aliphatic carbocycles. The van der Waals surface area contributed by atoms with Crippen LogP contribution in [0.3, 0.4) is 0 Å². The molecule has 7 rings (SSSR count). The fraction of sp³-hybridized carbons (Fsp3) is 0. The molecule has 38 heavy (non-hydrogen) atoms. The Labute approximate surface area is 218 Å². The highest BCUT2D eigenvalue weighted by Gasteiger charge is 2.21. The normalized spacial score (nSPS) is 11.3. The number of fused-ring (bicyclic) bond motifs is 3. The zero-order valence-electron chi connectivity index (χ0n) is 20.3. The summed E-state index contributed by atoms with van der Waals surface area (Å²) in [6.45, 7) is 0. The van der Waals surface area contributed by atoms with E-state index >= 15 is 4.39 Å². The lowest BCUT2D eigenvalue weighted by Gasteiger charge is -2.14. The van der Waals surface area contributed by atoms with Crippen LogP contribution in [0.1, 0.15) is 0 Å². The zero-order chi connectivity index (χ0) is 25.5. The Morgan fingerprint density at radius 1 is 0.526 bits per heavy atom. The molecule has 180 valence electrons. The van der Waals surface area contributed by atoms with Crippen LogP contribution in [0.15, 0.2) is 132 Å². The molecule has 0 atom stereocenters. The average Bonchev–Trinajstić information content (AvgIpc) is 3.37. The molecule has 0 amide bonds. The number of aromatic nitrogens is 2. The molecule has 0 fully saturated rings. The first-order valence-corrected chi connectivity index (χ1v) is 12.5. The Balaban J connectivity index is 1.57. The summed E-state index contributed by atoms with van der Waals surface area (Å²) in [5.74, 6) is 0.316. The first-order chi connectivity index (χ1) is 18.8. The van der Waals surface area contributed by atoms with Gasteiger partial charge in [-0.05, 0) is 35.4 Å². The van der Waals surface area contributed by atoms with Crippen LogP contribution in [0.2, 0.25) is 0 Å². The van der Waals surface area contributed by atoms with Gasteiger partial charge in [0, 0.05) is 27.6 Å². The van der Waals surface area contributed by atoms with Gasteiger partial charge in [0.25, 0.3) is 0 Å². The largest absolute Gasteiger partial charge is 0.452 e. The van der Waals surface area contributed by atoms with E-state index in [0.29, 0.717) is 28.2 Å². The Morgan fingerprint density at radius 3 is 1.66 bits per heavy atom. The number of para-hydroxylation sites is 1. The molecule has 0 saturated carbocycles. The van der Waals surface area contributed by atoms with Gasteiger partial charge in [0.1, 0.15) is 22.6 Å². The minimum Gasteiger partial charge on any atom is -0.452 e. The Hall–Kier alpha value is -5.09. The maximum absolute atomic E-state index is 16.1. The summed E-state index contributed by atoms with van der Waals surface area (Å²) >= 11 is 0. The smallest absolute Gasteiger partial charge is 0.180 e. The zero-order valence-corrected chi connectivity index (χ0v) is 20.3. The van der Waals surface area contributed by atoms with Crippen molar-refractivity contribution < 1.29 is 8.81 Å². The lowest BCUT2D eigenvalue weighted by Crippen LogP contribution is -1.97. The van der Waals surface area contributed by atoms with E-state index in [1.54, 1.807) is 0 Å². The van der Waals surface area contributed by atoms with E-state index in [-0.39, 0.29) is 5.82 Å². The van der Waals surface area contributed by atoms with Crippen molar-refractivity contribution in [3.8, 4) is 44.9 Å². The SMILES string of the molecule is Fc1c(-c2ccccc2)cc(-c2nc(-c3ccccc3)nc3c2oc2ccccc23)cc1-c1ccccc1. The Morgan fingerprint density at radius 2 is 1.05 bits per heavy atom. The molecule has 5 aromatic carbocycles. The number of benzene rings is 5. The number of furan rings is 1. The molecule has 3 nitrogen and oxygen atoms in total. The summed E-state index contributed by atoms with van der Waals surface area (Å²) in [6, 6.07) is 40.6. The molecular weight excluding hydrogens is 471 g/mol. The van der Waals surface area contributed by atoms with E-state index in [0.717, 1.165) is 38.7 Å². The minimum atomic E-state index is -0.274. The molecule has 0 saturated heterocycles. The number of nitrogens with zero attached hydrogens (tertiary/aromatic N) is 2. The van der Waals surface area contributed by atoms with Crippen molar-refractivity contribution in [2.75, 3.05) is 0 Å². The van der Waals surface area contributed by atoms with Crippen LogP contribution in [0.5, 0.6) is 0 Å². The molecule has 2 heterocycles. The molecule has 7 aromatic rings. The third kappa shape index (κ3) is 3.75. The van der Waals surface area contributed by atoms with Gasteiger partial charge in [-0.3, -0.25) is 0 Å². The molecule has 0 aliphatic heterocycles. The molecule has 4 heteroatoms. The van der Waals surface area contributed by atoms with E-state index in [9.17, 15) is 0 Å². The number of halogens is 1. The maximum Gasteiger partial charge on any atom is 0.180 e. The average molecular weight is 493 g/mol. The van der Waals surface area contributed by atoms with Crippen molar-refractivity contribution in [2.45, 2.75) is 0 Å². The predicted octanol–water partition coefficient (Wildman–Crippen LogP) is 9.18. The molecule has 0 spiro atoms. The van der Waals surface area contributed by atoms with Gasteiger partial charge in [-0.1, -0.05) is 103 Å². The van der Waals surface area contributed by atoms with Crippen LogP contribution >= 0.6 is 0 Å². The summed E-state index contributed by atoms with van der Waals surface area (Å²) in [6.07, 6.45) is 0. The van der Waals surface area contributed by atoms with Crippen molar-refractivity contribution in [1.29, 1.82) is 0 Å². The monoisotopic (exact) mass is 492 g/mol. The minimum absolute atomic E-state index is 0.274. The standard InChI is InChI=1S/C34H21FN2O/c35-30-27(22-12-4-1-5-13-22)20-25(21-28(30)23-14-6-2-7-15-23)31-33-32(26-18-10-11-19-29(26)38-33)37-34(36-31)24-16-8-3-9-17-24/h1-21H. The molecule has 0 radical (unpaired) electrons. The van der Waals surface area contributed by atoms with E-state index < -0.39 is 0 Å². The second-order valence-corrected chi connectivity index (χ2v) is 9.16. The second-order valence-electron chi connectivity index (χ2n) is 9.16. The first kappa shape index (κ1) is 22.1. The molecule has 2 aromatic heterocycles. The van der Waals surface area contributed by atoms with Gasteiger partial charge >= 0.3 is 0 Å². The quantitative estimate of drug-likeness (QED) is 0.246. The topological polar surface area (TPSA) is 38.9 Å². The van der Waals surface area contributed by atoms with Crippen molar-refractivity contribution in [2.24, 2.45) is 0 Å². The van der Waals surface area contributed by atoms with Crippen LogP contribution in [0.4, 0.5) is 4.39 Å². The van der Waals surface area contributed by atoms with Crippen molar-refractivity contribution in [3.05, 3.63) is 133 Å². The lowest BCUT2D eigenvalue weighted by atomic mass is 9.93. The summed E-state index contributed by atoms with van der Waals surface area (Å²) in [5, 5.41) is 0.914. The van der Waals surface area contributed by atoms with Crippen LogP contribution in [0.25, 0.3) is 67.0 Å². The van der Waals surface area contributed by atoms with E-state index in [1.165, 1.54) is 0 Å². The highest BCUT2D eigenvalue weighted by Crippen LogP contribution is 2.40. The molecule has 0 N–H and O–H groups in total. The van der Waals surface area contributed by atoms with Gasteiger partial charge < -0.3 is 4.42 Å². The van der Waals surface area contributed by atoms with Crippen LogP contribution in [-0.2, 0) is 0 Å². The molecular formula is C34H21FN2O. The number of hydrogen-bond acceptors (Lipinski definition) is 3. The molecule has 0 unspecified atom stereocenters. The second kappa shape index (κ2) is 9.09. The lowest BCUT2D eigenvalue weighted by molar-refractivity contribution is 0.635. The highest BCUT2D eigenvalue weighted by molar-refractivity contribution is 6.07. The van der Waals surface area contributed by atoms with Crippen LogP contribution < -0.4 is 0 Å². The summed E-state index contributed by atoms with van der Waals surface area (Å²) in [7, 11) is 0. The van der Waals surface area contributed by atoms with Gasteiger partial charge in [-0.25, -0.2) is 14.4 Å². The Kier molecular flexibility index (Phi) is 5.30. The van der Waals surface area contributed by atoms with Gasteiger partial charge in [0.05, 0.1) is 0 Å². The maximum atomic E-state index is 16.1. The fourth-order valence-corrected chi connectivity index (χ4v) is 4.92. The molecule has 0 aliphatic rings. The van der Waals surface area contributed by atoms with Crippen molar-refractivity contribution >= 4 is 22.1 Å². The third-order valence-electron chi connectivity index (χ3n) is 6.77. The summed E-state index contributed by atoms with van der Waals surface area (Å²) in [4.78, 5) is 9.93. The molecule has 0 bridgehead atoms. The summed E-state index contributed by atoms with van der Waals surface area (Å²) < 4.78 is 22.4. The van der Waals surface area contributed by atoms with Gasteiger partial charge in [0.2, 0.25) is 0 Å². The van der Waals surface area contributed by atoms with Crippen molar-refractivity contribution in [1.82, 2.24) is 9.97 Å². The van der Waals surface area contributed by atoms with Crippen molar-refractivity contribution in [3.63, 3.8) is 0 Å². The van der Waals surface area contributed by atoms with Gasteiger partial charge in [-0.2, -0.15) is 0 Å². The summed E-state index contributed by atoms with van der Waals surface area (Å²) in [5.41, 5.74) is 6.92. The number of hydrogen-bond donors (Lipinski definition) is 0. The highest BCUT2D eigenvalue weighted by atomic mass is 19.1. The predicted molar refractivity (Wildman–Crippen MR) is 151 cm³/mol. The Bertz CT molecular complexity index is 1850. The van der Waals surface area contributed by atoms with E-state index in [4.69, 9.17) is 14.4 Å².